The molecule has 3 heterocycles. The van der Waals surface area contributed by atoms with Gasteiger partial charge in [0.1, 0.15) is 78.7 Å². The summed E-state index contributed by atoms with van der Waals surface area (Å²) in [6.45, 7) is -1.57. The van der Waals surface area contributed by atoms with E-state index in [0.29, 0.717) is 0 Å². The summed E-state index contributed by atoms with van der Waals surface area (Å²) in [6.07, 6.45) is -18.9. The molecule has 5 rings (SSSR count). The van der Waals surface area contributed by atoms with Gasteiger partial charge in [-0.15, -0.1) is 0 Å². The van der Waals surface area contributed by atoms with E-state index in [1.165, 1.54) is 0 Å². The zero-order valence-corrected chi connectivity index (χ0v) is 25.4. The number of carboxylic acids is 1. The lowest BCUT2D eigenvalue weighted by atomic mass is 9.99. The van der Waals surface area contributed by atoms with E-state index < -0.39 is 122 Å². The van der Waals surface area contributed by atoms with Crippen molar-refractivity contribution in [3.63, 3.8) is 0 Å². The number of benzene rings is 2. The van der Waals surface area contributed by atoms with Gasteiger partial charge in [-0.2, -0.15) is 0 Å². The molecule has 272 valence electrons. The number of carbonyl (C=O) groups is 2. The van der Waals surface area contributed by atoms with Crippen molar-refractivity contribution >= 4 is 22.9 Å². The Kier molecular flexibility index (Phi) is 10.7. The smallest absolute Gasteiger partial charge is 0.402 e. The highest BCUT2D eigenvalue weighted by Gasteiger charge is 2.47. The molecule has 10 atom stereocenters. The molecule has 1 aromatic heterocycles. The van der Waals surface area contributed by atoms with Crippen molar-refractivity contribution < 1.29 is 99.0 Å². The Labute approximate surface area is 279 Å². The van der Waals surface area contributed by atoms with Crippen molar-refractivity contribution in [2.24, 2.45) is 0 Å². The van der Waals surface area contributed by atoms with E-state index in [-0.39, 0.29) is 28.0 Å². The first-order chi connectivity index (χ1) is 23.6. The maximum absolute atomic E-state index is 11.8. The normalized spacial score (nSPS) is 29.7. The van der Waals surface area contributed by atoms with Gasteiger partial charge in [-0.25, -0.2) is 4.42 Å². The Morgan fingerprint density at radius 2 is 1.28 bits per heavy atom. The van der Waals surface area contributed by atoms with Gasteiger partial charge in [-0.3, -0.25) is 9.59 Å². The quantitative estimate of drug-likeness (QED) is 0.0450. The summed E-state index contributed by atoms with van der Waals surface area (Å²) in [7, 11) is 0. The van der Waals surface area contributed by atoms with E-state index in [4.69, 9.17) is 33.2 Å². The van der Waals surface area contributed by atoms with Gasteiger partial charge in [0.15, 0.2) is 17.2 Å². The highest BCUT2D eigenvalue weighted by molar-refractivity contribution is 5.90. The number of hydrogen-bond donors (Lipinski definition) is 12. The monoisotopic (exact) mass is 713 g/mol. The fourth-order valence-electron chi connectivity index (χ4n) is 5.21. The lowest BCUT2D eigenvalue weighted by Gasteiger charge is -2.39. The SMILES string of the molecule is O=C(O)CC(=O)OCC1O[C@@H](Oc2cc3c(O[C@@H]4OC(CO)[C@@H](O)[C@H](O)C4O)cc(O)cc3[o+]c2-c2cc(O)c(O)c(O)c2)C(O)[C@@H](O)[C@@H]1O. The predicted molar refractivity (Wildman–Crippen MR) is 158 cm³/mol. The number of esters is 1. The zero-order valence-electron chi connectivity index (χ0n) is 25.4. The lowest BCUT2D eigenvalue weighted by molar-refractivity contribution is -0.278. The Bertz CT molecular complexity index is 1710. The van der Waals surface area contributed by atoms with E-state index in [1.807, 2.05) is 0 Å². The molecule has 3 aromatic rings. The summed E-state index contributed by atoms with van der Waals surface area (Å²) < 4.78 is 33.3. The summed E-state index contributed by atoms with van der Waals surface area (Å²) in [5, 5.41) is 122. The van der Waals surface area contributed by atoms with Crippen LogP contribution in [0.15, 0.2) is 34.7 Å². The number of fused-ring (bicyclic) bond motifs is 1. The maximum atomic E-state index is 11.8. The topological polar surface area (TPSA) is 334 Å². The number of rotatable bonds is 10. The molecule has 2 saturated heterocycles. The Morgan fingerprint density at radius 3 is 1.86 bits per heavy atom. The fourth-order valence-corrected chi connectivity index (χ4v) is 5.21. The number of carboxylic acid groups (broad SMARTS) is 1. The standard InChI is InChI=1S/C30H32O20/c31-7-17-22(39)24(41)26(43)29(49-17)47-15-4-10(32)3-14-11(15)5-16(28(46-14)9-1-12(33)21(38)13(34)2-9)48-30-27(44)25(42)23(40)18(50-30)8-45-20(37)6-19(35)36/h1-5,17-18,22-27,29-31,39-44H,6-8H2,(H4-,32,33,34,35,36,38)/p+1/t17?,18?,22-,23-,24+,25+,26?,27?,29-,30-/m1/s1. The van der Waals surface area contributed by atoms with Crippen molar-refractivity contribution in [3.05, 3.63) is 30.3 Å². The van der Waals surface area contributed by atoms with Crippen molar-refractivity contribution in [3.8, 4) is 45.8 Å². The molecule has 0 saturated carbocycles. The highest BCUT2D eigenvalue weighted by Crippen LogP contribution is 2.45. The lowest BCUT2D eigenvalue weighted by Crippen LogP contribution is -2.60. The van der Waals surface area contributed by atoms with E-state index >= 15 is 0 Å². The third-order valence-corrected chi connectivity index (χ3v) is 7.84. The minimum absolute atomic E-state index is 0.0873. The molecule has 2 fully saturated rings. The molecule has 0 radical (unpaired) electrons. The average molecular weight is 714 g/mol. The van der Waals surface area contributed by atoms with Gasteiger partial charge >= 0.3 is 23.3 Å². The molecule has 50 heavy (non-hydrogen) atoms. The van der Waals surface area contributed by atoms with Gasteiger partial charge in [0.2, 0.25) is 18.3 Å². The largest absolute Gasteiger partial charge is 0.507 e. The second-order valence-electron chi connectivity index (χ2n) is 11.4. The zero-order chi connectivity index (χ0) is 36.6. The van der Waals surface area contributed by atoms with Crippen LogP contribution >= 0.6 is 0 Å². The van der Waals surface area contributed by atoms with E-state index in [2.05, 4.69) is 0 Å². The molecule has 2 aliphatic heterocycles. The van der Waals surface area contributed by atoms with Gasteiger partial charge in [0, 0.05) is 24.3 Å². The minimum atomic E-state index is -2.01. The molecule has 4 unspecified atom stereocenters. The highest BCUT2D eigenvalue weighted by atomic mass is 16.7. The van der Waals surface area contributed by atoms with Crippen molar-refractivity contribution in [1.82, 2.24) is 0 Å². The molecule has 0 bridgehead atoms. The molecule has 20 nitrogen and oxygen atoms in total. The van der Waals surface area contributed by atoms with Crippen LogP contribution < -0.4 is 9.47 Å². The number of hydrogen-bond acceptors (Lipinski definition) is 18. The number of carbonyl (C=O) groups excluding carboxylic acids is 1. The van der Waals surface area contributed by atoms with Crippen LogP contribution in [0.3, 0.4) is 0 Å². The van der Waals surface area contributed by atoms with Gasteiger partial charge in [0.05, 0.1) is 18.2 Å². The molecular formula is C30H33O20+. The first-order valence-corrected chi connectivity index (χ1v) is 14.7. The Hall–Kier alpha value is -4.77. The summed E-state index contributed by atoms with van der Waals surface area (Å²) >= 11 is 0. The van der Waals surface area contributed by atoms with Gasteiger partial charge in [-0.05, 0) is 0 Å². The summed E-state index contributed by atoms with van der Waals surface area (Å²) in [5.74, 6) is -6.85. The third-order valence-electron chi connectivity index (χ3n) is 7.84. The van der Waals surface area contributed by atoms with Crippen LogP contribution in [0, 0.1) is 0 Å². The van der Waals surface area contributed by atoms with Crippen LogP contribution in [0.5, 0.6) is 34.5 Å². The van der Waals surface area contributed by atoms with Crippen LogP contribution in [0.4, 0.5) is 0 Å². The van der Waals surface area contributed by atoms with Crippen LogP contribution in [0.25, 0.3) is 22.3 Å². The number of aliphatic hydroxyl groups is 7. The summed E-state index contributed by atoms with van der Waals surface area (Å²) in [6, 6.07) is 5.11. The molecule has 12 N–H and O–H groups in total. The summed E-state index contributed by atoms with van der Waals surface area (Å²) in [5.41, 5.74) is -0.387. The van der Waals surface area contributed by atoms with Crippen molar-refractivity contribution in [1.29, 1.82) is 0 Å². The molecule has 0 spiro atoms. The van der Waals surface area contributed by atoms with E-state index in [9.17, 15) is 65.8 Å². The van der Waals surface area contributed by atoms with Crippen LogP contribution in [-0.2, 0) is 23.8 Å². The van der Waals surface area contributed by atoms with E-state index in [1.54, 1.807) is 0 Å². The molecule has 0 amide bonds. The molecule has 0 aliphatic carbocycles. The maximum Gasteiger partial charge on any atom is 0.402 e. The van der Waals surface area contributed by atoms with Crippen LogP contribution in [0.2, 0.25) is 0 Å². The Balaban J connectivity index is 1.57. The molecule has 2 aliphatic rings. The van der Waals surface area contributed by atoms with Crippen molar-refractivity contribution in [2.45, 2.75) is 67.8 Å². The number of aliphatic hydroxyl groups excluding tert-OH is 7. The number of phenolic OH excluding ortho intramolecular Hbond substituents is 4. The molecule has 20 heteroatoms. The van der Waals surface area contributed by atoms with Crippen molar-refractivity contribution in [2.75, 3.05) is 13.2 Å². The first kappa shape index (κ1) is 36.5. The average Bonchev–Trinajstić information content (AvgIpc) is 3.06. The number of phenols is 4. The second-order valence-corrected chi connectivity index (χ2v) is 11.4. The van der Waals surface area contributed by atoms with Crippen LogP contribution in [-0.4, -0.2) is 148 Å². The number of aromatic hydroxyl groups is 4. The molecular weight excluding hydrogens is 680 g/mol. The number of aliphatic carboxylic acids is 1. The predicted octanol–water partition coefficient (Wildman–Crippen LogP) is -2.41. The van der Waals surface area contributed by atoms with Gasteiger partial charge < -0.3 is 85.0 Å². The van der Waals surface area contributed by atoms with Crippen LogP contribution in [0.1, 0.15) is 6.42 Å². The Morgan fingerprint density at radius 1 is 0.720 bits per heavy atom. The van der Waals surface area contributed by atoms with E-state index in [0.717, 1.165) is 30.3 Å². The third kappa shape index (κ3) is 7.38. The number of ether oxygens (including phenoxy) is 5. The first-order valence-electron chi connectivity index (χ1n) is 14.7. The molecule has 2 aromatic carbocycles. The fraction of sp³-hybridized carbons (Fsp3) is 0.433. The van der Waals surface area contributed by atoms with Gasteiger partial charge in [-0.1, -0.05) is 0 Å². The second kappa shape index (κ2) is 14.6. The summed E-state index contributed by atoms with van der Waals surface area (Å²) in [4.78, 5) is 22.6. The van der Waals surface area contributed by atoms with Gasteiger partial charge in [0.25, 0.3) is 0 Å². The minimum Gasteiger partial charge on any atom is -0.507 e.